The van der Waals surface area contributed by atoms with E-state index in [4.69, 9.17) is 18.0 Å². The minimum atomic E-state index is 0.675. The zero-order chi connectivity index (χ0) is 10.4. The van der Waals surface area contributed by atoms with Gasteiger partial charge in [-0.15, -0.1) is 0 Å². The van der Waals surface area contributed by atoms with Crippen LogP contribution in [0.1, 0.15) is 12.5 Å². The lowest BCUT2D eigenvalue weighted by Crippen LogP contribution is -2.19. The smallest absolute Gasteiger partial charge is 0.101 e. The summed E-state index contributed by atoms with van der Waals surface area (Å²) in [6.45, 7) is 2.56. The second-order valence-electron chi connectivity index (χ2n) is 3.09. The molecule has 0 heterocycles. The van der Waals surface area contributed by atoms with Crippen molar-refractivity contribution in [2.45, 2.75) is 13.5 Å². The molecule has 2 nitrogen and oxygen atoms in total. The van der Waals surface area contributed by atoms with E-state index in [0.717, 1.165) is 12.2 Å². The Kier molecular flexibility index (Phi) is 4.13. The summed E-state index contributed by atoms with van der Waals surface area (Å²) >= 11 is 5.06. The lowest BCUT2D eigenvalue weighted by atomic mass is 10.2. The van der Waals surface area contributed by atoms with E-state index in [-0.39, 0.29) is 0 Å². The van der Waals surface area contributed by atoms with E-state index in [9.17, 15) is 0 Å². The summed E-state index contributed by atoms with van der Waals surface area (Å²) in [5, 5.41) is 3.11. The standard InChI is InChI=1S/C11H14N2S/c1-9(12)7-11(14)13-8-10-5-3-2-4-6-10/h2-7H,8,12H2,1H3,(H,13,14)/b9-7-. The van der Waals surface area contributed by atoms with Gasteiger partial charge >= 0.3 is 0 Å². The molecule has 74 valence electrons. The maximum atomic E-state index is 5.50. The van der Waals surface area contributed by atoms with Crippen LogP contribution in [0.15, 0.2) is 42.1 Å². The van der Waals surface area contributed by atoms with Gasteiger partial charge in [-0.05, 0) is 18.6 Å². The summed E-state index contributed by atoms with van der Waals surface area (Å²) in [5.74, 6) is 0. The lowest BCUT2D eigenvalue weighted by Gasteiger charge is -2.04. The molecule has 1 aromatic carbocycles. The molecule has 0 unspecified atom stereocenters. The fourth-order valence-corrected chi connectivity index (χ4v) is 1.30. The summed E-state index contributed by atoms with van der Waals surface area (Å²) in [7, 11) is 0. The summed E-state index contributed by atoms with van der Waals surface area (Å²) in [6.07, 6.45) is 1.75. The van der Waals surface area contributed by atoms with Crippen molar-refractivity contribution in [3.05, 3.63) is 47.7 Å². The highest BCUT2D eigenvalue weighted by Gasteiger charge is 1.92. The Bertz CT molecular complexity index is 326. The van der Waals surface area contributed by atoms with Crippen molar-refractivity contribution in [3.63, 3.8) is 0 Å². The van der Waals surface area contributed by atoms with Crippen molar-refractivity contribution in [1.29, 1.82) is 0 Å². The predicted octanol–water partition coefficient (Wildman–Crippen LogP) is 1.97. The molecule has 0 radical (unpaired) electrons. The number of rotatable bonds is 3. The lowest BCUT2D eigenvalue weighted by molar-refractivity contribution is 0.931. The molecule has 1 rings (SSSR count). The van der Waals surface area contributed by atoms with Crippen LogP contribution in [0.3, 0.4) is 0 Å². The molecule has 0 fully saturated rings. The zero-order valence-electron chi connectivity index (χ0n) is 8.16. The second-order valence-corrected chi connectivity index (χ2v) is 3.53. The molecule has 0 aliphatic carbocycles. The van der Waals surface area contributed by atoms with Gasteiger partial charge in [-0.2, -0.15) is 0 Å². The summed E-state index contributed by atoms with van der Waals surface area (Å²) in [6, 6.07) is 10.1. The van der Waals surface area contributed by atoms with Gasteiger partial charge in [0.25, 0.3) is 0 Å². The topological polar surface area (TPSA) is 38.0 Å². The Hall–Kier alpha value is -1.35. The van der Waals surface area contributed by atoms with Crippen LogP contribution in [0, 0.1) is 0 Å². The molecule has 1 aromatic rings. The quantitative estimate of drug-likeness (QED) is 0.586. The maximum Gasteiger partial charge on any atom is 0.101 e. The van der Waals surface area contributed by atoms with E-state index in [2.05, 4.69) is 17.4 Å². The van der Waals surface area contributed by atoms with E-state index < -0.39 is 0 Å². The van der Waals surface area contributed by atoms with Crippen molar-refractivity contribution in [2.75, 3.05) is 0 Å². The number of thiocarbonyl (C=S) groups is 1. The van der Waals surface area contributed by atoms with E-state index in [1.54, 1.807) is 6.08 Å². The van der Waals surface area contributed by atoms with Crippen LogP contribution in [0.25, 0.3) is 0 Å². The predicted molar refractivity (Wildman–Crippen MR) is 63.8 cm³/mol. The number of nitrogens with two attached hydrogens (primary N) is 1. The zero-order valence-corrected chi connectivity index (χ0v) is 8.97. The van der Waals surface area contributed by atoms with Gasteiger partial charge in [0.2, 0.25) is 0 Å². The van der Waals surface area contributed by atoms with Gasteiger partial charge in [-0.1, -0.05) is 42.5 Å². The second kappa shape index (κ2) is 5.40. The molecule has 0 bridgehead atoms. The average molecular weight is 206 g/mol. The van der Waals surface area contributed by atoms with Gasteiger partial charge in [-0.3, -0.25) is 0 Å². The molecule has 0 aliphatic heterocycles. The van der Waals surface area contributed by atoms with Crippen molar-refractivity contribution in [1.82, 2.24) is 5.32 Å². The van der Waals surface area contributed by atoms with Gasteiger partial charge in [0.1, 0.15) is 4.99 Å². The number of hydrogen-bond acceptors (Lipinski definition) is 2. The Morgan fingerprint density at radius 3 is 2.64 bits per heavy atom. The highest BCUT2D eigenvalue weighted by Crippen LogP contribution is 1.97. The third-order valence-electron chi connectivity index (χ3n) is 1.67. The number of hydrogen-bond donors (Lipinski definition) is 2. The van der Waals surface area contributed by atoms with Crippen LogP contribution < -0.4 is 11.1 Å². The summed E-state index contributed by atoms with van der Waals surface area (Å²) in [4.78, 5) is 0.675. The third-order valence-corrected chi connectivity index (χ3v) is 1.93. The van der Waals surface area contributed by atoms with Gasteiger partial charge in [0, 0.05) is 12.2 Å². The van der Waals surface area contributed by atoms with Crippen LogP contribution in [0.2, 0.25) is 0 Å². The van der Waals surface area contributed by atoms with Gasteiger partial charge in [-0.25, -0.2) is 0 Å². The van der Waals surface area contributed by atoms with Gasteiger partial charge < -0.3 is 11.1 Å². The molecule has 3 N–H and O–H groups in total. The first-order chi connectivity index (χ1) is 6.68. The Morgan fingerprint density at radius 1 is 1.43 bits per heavy atom. The normalized spacial score (nSPS) is 11.1. The minimum Gasteiger partial charge on any atom is -0.402 e. The Labute approximate surface area is 89.8 Å². The molecular weight excluding hydrogens is 192 g/mol. The van der Waals surface area contributed by atoms with E-state index in [1.807, 2.05) is 25.1 Å². The molecule has 3 heteroatoms. The monoisotopic (exact) mass is 206 g/mol. The van der Waals surface area contributed by atoms with E-state index >= 15 is 0 Å². The molecule has 14 heavy (non-hydrogen) atoms. The van der Waals surface area contributed by atoms with Crippen LogP contribution in [0.5, 0.6) is 0 Å². The van der Waals surface area contributed by atoms with Crippen LogP contribution in [-0.2, 0) is 6.54 Å². The van der Waals surface area contributed by atoms with Crippen molar-refractivity contribution >= 4 is 17.2 Å². The van der Waals surface area contributed by atoms with Gasteiger partial charge in [0.15, 0.2) is 0 Å². The molecule has 0 spiro atoms. The third kappa shape index (κ3) is 4.05. The first-order valence-corrected chi connectivity index (χ1v) is 4.85. The van der Waals surface area contributed by atoms with E-state index in [1.165, 1.54) is 5.56 Å². The van der Waals surface area contributed by atoms with Crippen molar-refractivity contribution in [2.24, 2.45) is 5.73 Å². The van der Waals surface area contributed by atoms with Crippen molar-refractivity contribution < 1.29 is 0 Å². The minimum absolute atomic E-state index is 0.675. The molecular formula is C11H14N2S. The molecule has 0 amide bonds. The molecule has 0 aliphatic rings. The fourth-order valence-electron chi connectivity index (χ4n) is 1.04. The summed E-state index contributed by atoms with van der Waals surface area (Å²) in [5.41, 5.74) is 7.42. The Morgan fingerprint density at radius 2 is 2.07 bits per heavy atom. The largest absolute Gasteiger partial charge is 0.402 e. The number of nitrogens with one attached hydrogen (secondary N) is 1. The van der Waals surface area contributed by atoms with Crippen LogP contribution in [-0.4, -0.2) is 4.99 Å². The van der Waals surface area contributed by atoms with Crippen LogP contribution in [0.4, 0.5) is 0 Å². The number of allylic oxidation sites excluding steroid dienone is 1. The highest BCUT2D eigenvalue weighted by atomic mass is 32.1. The molecule has 0 saturated heterocycles. The Balaban J connectivity index is 2.42. The average Bonchev–Trinajstić information content (AvgIpc) is 2.15. The maximum absolute atomic E-state index is 5.50. The first-order valence-electron chi connectivity index (χ1n) is 4.44. The van der Waals surface area contributed by atoms with Crippen LogP contribution >= 0.6 is 12.2 Å². The fraction of sp³-hybridized carbons (Fsp3) is 0.182. The van der Waals surface area contributed by atoms with Gasteiger partial charge in [0.05, 0.1) is 0 Å². The SMILES string of the molecule is C/C(N)=C/C(=S)NCc1ccccc1. The molecule has 0 aromatic heterocycles. The van der Waals surface area contributed by atoms with E-state index in [0.29, 0.717) is 4.99 Å². The number of benzene rings is 1. The highest BCUT2D eigenvalue weighted by molar-refractivity contribution is 7.80. The summed E-state index contributed by atoms with van der Waals surface area (Å²) < 4.78 is 0. The van der Waals surface area contributed by atoms with Crippen molar-refractivity contribution in [3.8, 4) is 0 Å². The molecule has 0 atom stereocenters. The molecule has 0 saturated carbocycles. The first kappa shape index (κ1) is 10.7.